The maximum absolute atomic E-state index is 11.6. The Morgan fingerprint density at radius 3 is 2.45 bits per heavy atom. The monoisotopic (exact) mass is 279 g/mol. The fourth-order valence-electron chi connectivity index (χ4n) is 1.51. The van der Waals surface area contributed by atoms with Gasteiger partial charge in [0, 0.05) is 31.5 Å². The van der Waals surface area contributed by atoms with E-state index in [0.29, 0.717) is 31.0 Å². The molecule has 0 saturated heterocycles. The normalized spacial score (nSPS) is 9.90. The number of ether oxygens (including phenoxy) is 1. The molecule has 6 heteroatoms. The average Bonchev–Trinajstić information content (AvgIpc) is 2.47. The molecule has 0 unspecified atom stereocenters. The van der Waals surface area contributed by atoms with Gasteiger partial charge < -0.3 is 20.7 Å². The number of anilines is 1. The quantitative estimate of drug-likeness (QED) is 0.663. The molecule has 0 heterocycles. The molecule has 1 aromatic carbocycles. The zero-order chi connectivity index (χ0) is 14.8. The fraction of sp³-hybridized carbons (Fsp3) is 0.429. The van der Waals surface area contributed by atoms with Crippen LogP contribution in [-0.4, -0.2) is 38.7 Å². The van der Waals surface area contributed by atoms with Crippen LogP contribution >= 0.6 is 0 Å². The van der Waals surface area contributed by atoms with E-state index in [1.165, 1.54) is 0 Å². The number of urea groups is 1. The van der Waals surface area contributed by atoms with Crippen molar-refractivity contribution in [3.63, 3.8) is 0 Å². The van der Waals surface area contributed by atoms with Crippen molar-refractivity contribution in [2.75, 3.05) is 32.1 Å². The number of rotatable bonds is 7. The Morgan fingerprint density at radius 2 is 1.85 bits per heavy atom. The van der Waals surface area contributed by atoms with Gasteiger partial charge in [0.1, 0.15) is 0 Å². The van der Waals surface area contributed by atoms with Gasteiger partial charge in [0.25, 0.3) is 5.91 Å². The van der Waals surface area contributed by atoms with Gasteiger partial charge in [-0.1, -0.05) is 6.92 Å². The van der Waals surface area contributed by atoms with Crippen molar-refractivity contribution in [1.29, 1.82) is 0 Å². The largest absolute Gasteiger partial charge is 0.380 e. The van der Waals surface area contributed by atoms with Crippen LogP contribution in [-0.2, 0) is 4.74 Å². The second-order valence-corrected chi connectivity index (χ2v) is 4.15. The van der Waals surface area contributed by atoms with Gasteiger partial charge >= 0.3 is 6.03 Å². The zero-order valence-electron chi connectivity index (χ0n) is 11.9. The predicted octanol–water partition coefficient (Wildman–Crippen LogP) is 1.59. The van der Waals surface area contributed by atoms with Crippen LogP contribution in [0.4, 0.5) is 10.5 Å². The van der Waals surface area contributed by atoms with Gasteiger partial charge in [0.05, 0.1) is 6.61 Å². The SMILES string of the molecule is CCCOCCNC(=O)Nc1ccc(C(=O)NC)cc1. The van der Waals surface area contributed by atoms with Crippen molar-refractivity contribution in [2.45, 2.75) is 13.3 Å². The van der Waals surface area contributed by atoms with Gasteiger partial charge in [-0.05, 0) is 30.7 Å². The molecule has 0 aromatic heterocycles. The lowest BCUT2D eigenvalue weighted by Crippen LogP contribution is -2.31. The molecule has 6 nitrogen and oxygen atoms in total. The first kappa shape index (κ1) is 16.0. The fourth-order valence-corrected chi connectivity index (χ4v) is 1.51. The molecule has 1 rings (SSSR count). The average molecular weight is 279 g/mol. The Hall–Kier alpha value is -2.08. The van der Waals surface area contributed by atoms with E-state index < -0.39 is 0 Å². The Morgan fingerprint density at radius 1 is 1.15 bits per heavy atom. The third kappa shape index (κ3) is 5.71. The lowest BCUT2D eigenvalue weighted by Gasteiger charge is -2.08. The molecule has 110 valence electrons. The van der Waals surface area contributed by atoms with Crippen molar-refractivity contribution in [3.05, 3.63) is 29.8 Å². The van der Waals surface area contributed by atoms with E-state index in [0.717, 1.165) is 6.42 Å². The van der Waals surface area contributed by atoms with E-state index in [4.69, 9.17) is 4.74 Å². The van der Waals surface area contributed by atoms with Gasteiger partial charge in [-0.3, -0.25) is 4.79 Å². The Kier molecular flexibility index (Phi) is 7.13. The highest BCUT2D eigenvalue weighted by atomic mass is 16.5. The molecule has 0 aliphatic carbocycles. The first-order valence-corrected chi connectivity index (χ1v) is 6.62. The van der Waals surface area contributed by atoms with Crippen LogP contribution in [0, 0.1) is 0 Å². The van der Waals surface area contributed by atoms with E-state index in [1.54, 1.807) is 31.3 Å². The van der Waals surface area contributed by atoms with E-state index in [-0.39, 0.29) is 11.9 Å². The molecular weight excluding hydrogens is 258 g/mol. The molecule has 0 radical (unpaired) electrons. The molecule has 0 spiro atoms. The van der Waals surface area contributed by atoms with Crippen LogP contribution in [0.2, 0.25) is 0 Å². The summed E-state index contributed by atoms with van der Waals surface area (Å²) in [5.41, 5.74) is 1.18. The predicted molar refractivity (Wildman–Crippen MR) is 78.0 cm³/mol. The molecule has 20 heavy (non-hydrogen) atoms. The zero-order valence-corrected chi connectivity index (χ0v) is 11.9. The summed E-state index contributed by atoms with van der Waals surface area (Å²) in [5.74, 6) is -0.158. The first-order valence-electron chi connectivity index (χ1n) is 6.62. The Balaban J connectivity index is 2.33. The molecule has 0 aliphatic rings. The summed E-state index contributed by atoms with van der Waals surface area (Å²) in [6.45, 7) is 3.69. The number of amides is 3. The van der Waals surface area contributed by atoms with Crippen LogP contribution in [0.3, 0.4) is 0 Å². The minimum absolute atomic E-state index is 0.158. The summed E-state index contributed by atoms with van der Waals surface area (Å²) in [5, 5.41) is 7.90. The van der Waals surface area contributed by atoms with Crippen molar-refractivity contribution in [3.8, 4) is 0 Å². The summed E-state index contributed by atoms with van der Waals surface area (Å²) in [6.07, 6.45) is 0.962. The second kappa shape index (κ2) is 8.92. The lowest BCUT2D eigenvalue weighted by atomic mass is 10.2. The summed E-state index contributed by atoms with van der Waals surface area (Å²) < 4.78 is 5.25. The highest BCUT2D eigenvalue weighted by Crippen LogP contribution is 2.09. The second-order valence-electron chi connectivity index (χ2n) is 4.15. The molecule has 0 bridgehead atoms. The topological polar surface area (TPSA) is 79.5 Å². The number of benzene rings is 1. The summed E-state index contributed by atoms with van der Waals surface area (Å²) >= 11 is 0. The minimum atomic E-state index is -0.294. The molecule has 3 amide bonds. The van der Waals surface area contributed by atoms with E-state index in [2.05, 4.69) is 16.0 Å². The summed E-state index contributed by atoms with van der Waals surface area (Å²) in [4.78, 5) is 22.9. The highest BCUT2D eigenvalue weighted by Gasteiger charge is 2.04. The van der Waals surface area contributed by atoms with Crippen LogP contribution in [0.25, 0.3) is 0 Å². The van der Waals surface area contributed by atoms with Crippen LogP contribution < -0.4 is 16.0 Å². The van der Waals surface area contributed by atoms with Crippen molar-refractivity contribution in [2.24, 2.45) is 0 Å². The number of hydrogen-bond acceptors (Lipinski definition) is 3. The standard InChI is InChI=1S/C14H21N3O3/c1-3-9-20-10-8-16-14(19)17-12-6-4-11(5-7-12)13(18)15-2/h4-7H,3,8-10H2,1-2H3,(H,15,18)(H2,16,17,19). The van der Waals surface area contributed by atoms with Gasteiger partial charge in [0.15, 0.2) is 0 Å². The molecule has 0 saturated carbocycles. The Bertz CT molecular complexity index is 432. The van der Waals surface area contributed by atoms with E-state index >= 15 is 0 Å². The highest BCUT2D eigenvalue weighted by molar-refractivity contribution is 5.95. The number of carbonyl (C=O) groups excluding carboxylic acids is 2. The maximum atomic E-state index is 11.6. The molecule has 0 fully saturated rings. The summed E-state index contributed by atoms with van der Waals surface area (Å²) in [7, 11) is 1.57. The number of nitrogens with one attached hydrogen (secondary N) is 3. The van der Waals surface area contributed by atoms with Crippen molar-refractivity contribution >= 4 is 17.6 Å². The lowest BCUT2D eigenvalue weighted by molar-refractivity contribution is 0.0963. The van der Waals surface area contributed by atoms with Crippen LogP contribution in [0.1, 0.15) is 23.7 Å². The number of carbonyl (C=O) groups is 2. The molecule has 1 aromatic rings. The van der Waals surface area contributed by atoms with Gasteiger partial charge in [-0.15, -0.1) is 0 Å². The third-order valence-corrected chi connectivity index (χ3v) is 2.51. The van der Waals surface area contributed by atoms with Gasteiger partial charge in [-0.25, -0.2) is 4.79 Å². The van der Waals surface area contributed by atoms with Crippen LogP contribution in [0.5, 0.6) is 0 Å². The van der Waals surface area contributed by atoms with Crippen LogP contribution in [0.15, 0.2) is 24.3 Å². The third-order valence-electron chi connectivity index (χ3n) is 2.51. The van der Waals surface area contributed by atoms with E-state index in [9.17, 15) is 9.59 Å². The molecule has 0 atom stereocenters. The maximum Gasteiger partial charge on any atom is 0.319 e. The smallest absolute Gasteiger partial charge is 0.319 e. The van der Waals surface area contributed by atoms with Crippen molar-refractivity contribution < 1.29 is 14.3 Å². The van der Waals surface area contributed by atoms with Gasteiger partial charge in [-0.2, -0.15) is 0 Å². The molecule has 3 N–H and O–H groups in total. The first-order chi connectivity index (χ1) is 9.67. The Labute approximate surface area is 118 Å². The van der Waals surface area contributed by atoms with Crippen molar-refractivity contribution in [1.82, 2.24) is 10.6 Å². The number of hydrogen-bond donors (Lipinski definition) is 3. The molecule has 0 aliphatic heterocycles. The summed E-state index contributed by atoms with van der Waals surface area (Å²) in [6, 6.07) is 6.37. The van der Waals surface area contributed by atoms with E-state index in [1.807, 2.05) is 6.92 Å². The van der Waals surface area contributed by atoms with Gasteiger partial charge in [0.2, 0.25) is 0 Å². The minimum Gasteiger partial charge on any atom is -0.380 e. The molecular formula is C14H21N3O3.